The minimum atomic E-state index is -0.421. The maximum absolute atomic E-state index is 12.9. The molecular formula is C14H20FN3O2. The lowest BCUT2D eigenvalue weighted by molar-refractivity contribution is -0.122. The van der Waals surface area contributed by atoms with Crippen LogP contribution in [0.5, 0.6) is 0 Å². The highest BCUT2D eigenvalue weighted by molar-refractivity contribution is 5.95. The third-order valence-electron chi connectivity index (χ3n) is 3.16. The van der Waals surface area contributed by atoms with Crippen LogP contribution in [-0.2, 0) is 9.53 Å². The lowest BCUT2D eigenvalue weighted by Gasteiger charge is -2.37. The number of carbonyl (C=O) groups excluding carboxylic acids is 1. The third-order valence-corrected chi connectivity index (χ3v) is 3.16. The van der Waals surface area contributed by atoms with Crippen LogP contribution in [0.4, 0.5) is 15.8 Å². The quantitative estimate of drug-likeness (QED) is 0.823. The number of nitrogens with one attached hydrogen (secondary N) is 1. The summed E-state index contributed by atoms with van der Waals surface area (Å²) in [6.07, 6.45) is 0. The van der Waals surface area contributed by atoms with Crippen LogP contribution in [0.25, 0.3) is 0 Å². The van der Waals surface area contributed by atoms with E-state index in [1.807, 2.05) is 18.7 Å². The molecule has 0 spiro atoms. The summed E-state index contributed by atoms with van der Waals surface area (Å²) in [7, 11) is 0. The van der Waals surface area contributed by atoms with Gasteiger partial charge in [0.1, 0.15) is 5.82 Å². The number of nitrogens with two attached hydrogens (primary N) is 1. The minimum Gasteiger partial charge on any atom is -0.397 e. The van der Waals surface area contributed by atoms with Crippen molar-refractivity contribution in [2.75, 3.05) is 37.3 Å². The Morgan fingerprint density at radius 3 is 2.95 bits per heavy atom. The van der Waals surface area contributed by atoms with E-state index in [0.717, 1.165) is 6.54 Å². The molecule has 0 aliphatic carbocycles. The standard InChI is InChI=1S/C14H20FN3O2/c1-14(2)9-18(5-6-20-14)8-13(19)17-12-4-3-10(15)7-11(12)16/h3-4,7H,5-6,8-9,16H2,1-2H3,(H,17,19). The third kappa shape index (κ3) is 3.91. The van der Waals surface area contributed by atoms with E-state index < -0.39 is 5.82 Å². The molecule has 20 heavy (non-hydrogen) atoms. The van der Waals surface area contributed by atoms with Gasteiger partial charge in [0.25, 0.3) is 0 Å². The molecule has 1 aliphatic heterocycles. The predicted octanol–water partition coefficient (Wildman–Crippen LogP) is 1.46. The molecule has 0 aromatic heterocycles. The Morgan fingerprint density at radius 1 is 1.55 bits per heavy atom. The van der Waals surface area contributed by atoms with E-state index in [4.69, 9.17) is 10.5 Å². The Bertz CT molecular complexity index is 505. The lowest BCUT2D eigenvalue weighted by Crippen LogP contribution is -2.50. The molecule has 0 atom stereocenters. The van der Waals surface area contributed by atoms with Gasteiger partial charge in [-0.2, -0.15) is 0 Å². The van der Waals surface area contributed by atoms with Crippen LogP contribution in [0.3, 0.4) is 0 Å². The molecule has 6 heteroatoms. The summed E-state index contributed by atoms with van der Waals surface area (Å²) in [5.41, 5.74) is 6.07. The number of carbonyl (C=O) groups is 1. The molecule has 1 heterocycles. The van der Waals surface area contributed by atoms with Crippen molar-refractivity contribution in [3.63, 3.8) is 0 Å². The zero-order valence-electron chi connectivity index (χ0n) is 11.8. The minimum absolute atomic E-state index is 0.166. The number of anilines is 2. The maximum Gasteiger partial charge on any atom is 0.238 e. The number of nitrogen functional groups attached to an aromatic ring is 1. The van der Waals surface area contributed by atoms with E-state index in [1.54, 1.807) is 0 Å². The Morgan fingerprint density at radius 2 is 2.30 bits per heavy atom. The summed E-state index contributed by atoms with van der Waals surface area (Å²) in [6, 6.07) is 3.92. The average Bonchev–Trinajstić information content (AvgIpc) is 2.31. The first-order valence-corrected chi connectivity index (χ1v) is 6.57. The highest BCUT2D eigenvalue weighted by atomic mass is 19.1. The molecule has 1 aromatic carbocycles. The van der Waals surface area contributed by atoms with Crippen LogP contribution >= 0.6 is 0 Å². The molecular weight excluding hydrogens is 261 g/mol. The smallest absolute Gasteiger partial charge is 0.238 e. The SMILES string of the molecule is CC1(C)CN(CC(=O)Nc2ccc(F)cc2N)CCO1. The highest BCUT2D eigenvalue weighted by Crippen LogP contribution is 2.20. The number of benzene rings is 1. The first kappa shape index (κ1) is 14.7. The van der Waals surface area contributed by atoms with Gasteiger partial charge in [-0.05, 0) is 32.0 Å². The van der Waals surface area contributed by atoms with Crippen molar-refractivity contribution < 1.29 is 13.9 Å². The Balaban J connectivity index is 1.92. The number of nitrogens with zero attached hydrogens (tertiary/aromatic N) is 1. The van der Waals surface area contributed by atoms with Crippen LogP contribution in [0.15, 0.2) is 18.2 Å². The van der Waals surface area contributed by atoms with Gasteiger partial charge in [-0.15, -0.1) is 0 Å². The van der Waals surface area contributed by atoms with Crippen molar-refractivity contribution >= 4 is 17.3 Å². The summed E-state index contributed by atoms with van der Waals surface area (Å²) in [6.45, 7) is 6.28. The van der Waals surface area contributed by atoms with Crippen LogP contribution in [-0.4, -0.2) is 42.6 Å². The van der Waals surface area contributed by atoms with Gasteiger partial charge in [0.2, 0.25) is 5.91 Å². The molecule has 1 fully saturated rings. The number of hydrogen-bond donors (Lipinski definition) is 2. The maximum atomic E-state index is 12.9. The van der Waals surface area contributed by atoms with Crippen molar-refractivity contribution in [3.05, 3.63) is 24.0 Å². The second-order valence-corrected chi connectivity index (χ2v) is 5.60. The predicted molar refractivity (Wildman–Crippen MR) is 75.9 cm³/mol. The van der Waals surface area contributed by atoms with Gasteiger partial charge < -0.3 is 15.8 Å². The van der Waals surface area contributed by atoms with E-state index in [2.05, 4.69) is 5.32 Å². The molecule has 3 N–H and O–H groups in total. The lowest BCUT2D eigenvalue weighted by atomic mass is 10.1. The van der Waals surface area contributed by atoms with Crippen molar-refractivity contribution in [1.29, 1.82) is 0 Å². The molecule has 1 amide bonds. The molecule has 1 aromatic rings. The first-order valence-electron chi connectivity index (χ1n) is 6.57. The van der Waals surface area contributed by atoms with Gasteiger partial charge in [-0.1, -0.05) is 0 Å². The van der Waals surface area contributed by atoms with Gasteiger partial charge in [0.05, 0.1) is 30.1 Å². The van der Waals surface area contributed by atoms with E-state index >= 15 is 0 Å². The molecule has 5 nitrogen and oxygen atoms in total. The van der Waals surface area contributed by atoms with Crippen molar-refractivity contribution in [3.8, 4) is 0 Å². The van der Waals surface area contributed by atoms with Gasteiger partial charge in [-0.3, -0.25) is 9.69 Å². The molecule has 2 rings (SSSR count). The first-order chi connectivity index (χ1) is 9.35. The second kappa shape index (κ2) is 5.76. The van der Waals surface area contributed by atoms with E-state index in [-0.39, 0.29) is 23.7 Å². The normalized spacial score (nSPS) is 18.8. The van der Waals surface area contributed by atoms with Crippen LogP contribution in [0.2, 0.25) is 0 Å². The summed E-state index contributed by atoms with van der Waals surface area (Å²) in [4.78, 5) is 14.0. The Labute approximate surface area is 117 Å². The fourth-order valence-corrected chi connectivity index (χ4v) is 2.29. The summed E-state index contributed by atoms with van der Waals surface area (Å²) < 4.78 is 18.5. The largest absolute Gasteiger partial charge is 0.397 e. The number of morpholine rings is 1. The number of ether oxygens (including phenoxy) is 1. The Kier molecular flexibility index (Phi) is 4.25. The van der Waals surface area contributed by atoms with E-state index in [0.29, 0.717) is 18.8 Å². The fraction of sp³-hybridized carbons (Fsp3) is 0.500. The fourth-order valence-electron chi connectivity index (χ4n) is 2.29. The second-order valence-electron chi connectivity index (χ2n) is 5.60. The number of amides is 1. The van der Waals surface area contributed by atoms with Crippen molar-refractivity contribution in [2.24, 2.45) is 0 Å². The van der Waals surface area contributed by atoms with Crippen LogP contribution in [0.1, 0.15) is 13.8 Å². The summed E-state index contributed by atoms with van der Waals surface area (Å²) in [5, 5.41) is 2.70. The topological polar surface area (TPSA) is 67.6 Å². The zero-order chi connectivity index (χ0) is 14.8. The molecule has 0 saturated carbocycles. The van der Waals surface area contributed by atoms with Gasteiger partial charge in [0, 0.05) is 13.1 Å². The zero-order valence-corrected chi connectivity index (χ0v) is 11.8. The number of rotatable bonds is 3. The Hall–Kier alpha value is -1.66. The summed E-state index contributed by atoms with van der Waals surface area (Å²) >= 11 is 0. The molecule has 110 valence electrons. The highest BCUT2D eigenvalue weighted by Gasteiger charge is 2.28. The molecule has 0 bridgehead atoms. The van der Waals surface area contributed by atoms with Gasteiger partial charge >= 0.3 is 0 Å². The van der Waals surface area contributed by atoms with Crippen molar-refractivity contribution in [2.45, 2.75) is 19.4 Å². The molecule has 1 saturated heterocycles. The molecule has 0 radical (unpaired) electrons. The average molecular weight is 281 g/mol. The van der Waals surface area contributed by atoms with Crippen LogP contribution < -0.4 is 11.1 Å². The number of hydrogen-bond acceptors (Lipinski definition) is 4. The van der Waals surface area contributed by atoms with Crippen molar-refractivity contribution in [1.82, 2.24) is 4.90 Å². The van der Waals surface area contributed by atoms with Crippen LogP contribution in [0, 0.1) is 5.82 Å². The van der Waals surface area contributed by atoms with Gasteiger partial charge in [0.15, 0.2) is 0 Å². The molecule has 0 unspecified atom stereocenters. The van der Waals surface area contributed by atoms with E-state index in [1.165, 1.54) is 18.2 Å². The monoisotopic (exact) mass is 281 g/mol. The molecule has 1 aliphatic rings. The summed E-state index contributed by atoms with van der Waals surface area (Å²) in [5.74, 6) is -0.587. The number of halogens is 1. The van der Waals surface area contributed by atoms with E-state index in [9.17, 15) is 9.18 Å². The van der Waals surface area contributed by atoms with Gasteiger partial charge in [-0.25, -0.2) is 4.39 Å².